The summed E-state index contributed by atoms with van der Waals surface area (Å²) in [5, 5.41) is 0.143. The summed E-state index contributed by atoms with van der Waals surface area (Å²) in [6.07, 6.45) is 6.77. The van der Waals surface area contributed by atoms with Crippen molar-refractivity contribution in [2.45, 2.75) is 44.9 Å². The summed E-state index contributed by atoms with van der Waals surface area (Å²) in [6.45, 7) is 2.74. The summed E-state index contributed by atoms with van der Waals surface area (Å²) < 4.78 is 27.1. The average Bonchev–Trinajstić information content (AvgIpc) is 3.33. The molecule has 1 aliphatic heterocycles. The molecule has 5 rings (SSSR count). The van der Waals surface area contributed by atoms with E-state index in [1.165, 1.54) is 23.1 Å². The molecule has 1 saturated heterocycles. The first-order valence-corrected chi connectivity index (χ1v) is 13.8. The number of allylic oxidation sites excluding steroid dienone is 1. The van der Waals surface area contributed by atoms with Gasteiger partial charge in [0.2, 0.25) is 0 Å². The molecule has 194 valence electrons. The summed E-state index contributed by atoms with van der Waals surface area (Å²) in [7, 11) is 0. The Hall–Kier alpha value is -2.69. The third kappa shape index (κ3) is 6.08. The average molecular weight is 521 g/mol. The highest BCUT2D eigenvalue weighted by atomic mass is 35.5. The molecule has 2 N–H and O–H groups in total. The first kappa shape index (κ1) is 25.9. The van der Waals surface area contributed by atoms with E-state index >= 15 is 0 Å². The first-order valence-electron chi connectivity index (χ1n) is 13.5. The van der Waals surface area contributed by atoms with Crippen molar-refractivity contribution >= 4 is 28.4 Å². The molecule has 1 atom stereocenters. The highest BCUT2D eigenvalue weighted by Gasteiger charge is 2.23. The maximum atomic E-state index is 14.5. The molecular weight excluding hydrogens is 486 g/mol. The van der Waals surface area contributed by atoms with Gasteiger partial charge in [0.25, 0.3) is 0 Å². The molecule has 0 spiro atoms. The van der Waals surface area contributed by atoms with E-state index in [0.29, 0.717) is 12.3 Å². The van der Waals surface area contributed by atoms with Crippen LogP contribution in [0.4, 0.5) is 14.5 Å². The van der Waals surface area contributed by atoms with Gasteiger partial charge in [-0.2, -0.15) is 0 Å². The molecule has 37 heavy (non-hydrogen) atoms. The fourth-order valence-corrected chi connectivity index (χ4v) is 6.10. The van der Waals surface area contributed by atoms with Gasteiger partial charge >= 0.3 is 0 Å². The van der Waals surface area contributed by atoms with Gasteiger partial charge in [0.1, 0.15) is 5.82 Å². The fourth-order valence-electron chi connectivity index (χ4n) is 5.98. The van der Waals surface area contributed by atoms with Gasteiger partial charge in [-0.05, 0) is 121 Å². The number of aryl methyl sites for hydroxylation is 1. The molecule has 0 radical (unpaired) electrons. The summed E-state index contributed by atoms with van der Waals surface area (Å²) in [4.78, 5) is 2.39. The number of likely N-dealkylation sites (tertiary alicyclic amines) is 1. The van der Waals surface area contributed by atoms with E-state index in [4.69, 9.17) is 17.3 Å². The standard InChI is InChI=1S/C32H35ClF2N2/c33-30-13-10-26(20-31(30)35)28-5-2-1-4-25-19-27(36)11-12-29(25)32(28)24-8-6-22(7-9-24)18-23-14-17-37(21-23)16-3-15-34/h6-13,19-20,23H,1-5,14-18,21,36H2/b32-28+. The summed E-state index contributed by atoms with van der Waals surface area (Å²) in [6, 6.07) is 20.2. The number of nitrogens with zero attached hydrogens (tertiary/aromatic N) is 1. The number of nitrogens with two attached hydrogens (primary N) is 1. The van der Waals surface area contributed by atoms with Gasteiger partial charge in [0, 0.05) is 18.8 Å². The van der Waals surface area contributed by atoms with Crippen LogP contribution in [0.25, 0.3) is 11.1 Å². The minimum absolute atomic E-state index is 0.143. The van der Waals surface area contributed by atoms with Crippen molar-refractivity contribution in [2.75, 3.05) is 32.0 Å². The first-order chi connectivity index (χ1) is 18.0. The quantitative estimate of drug-likeness (QED) is 0.320. The predicted molar refractivity (Wildman–Crippen MR) is 151 cm³/mol. The Balaban J connectivity index is 1.50. The number of anilines is 1. The van der Waals surface area contributed by atoms with Crippen LogP contribution in [0.3, 0.4) is 0 Å². The Morgan fingerprint density at radius 1 is 0.946 bits per heavy atom. The van der Waals surface area contributed by atoms with Crippen LogP contribution in [0.5, 0.6) is 0 Å². The summed E-state index contributed by atoms with van der Waals surface area (Å²) in [5.74, 6) is 0.223. The lowest BCUT2D eigenvalue weighted by Crippen LogP contribution is -2.22. The van der Waals surface area contributed by atoms with Crippen LogP contribution in [-0.2, 0) is 12.8 Å². The largest absolute Gasteiger partial charge is 0.399 e. The number of hydrogen-bond donors (Lipinski definition) is 1. The van der Waals surface area contributed by atoms with E-state index < -0.39 is 5.82 Å². The highest BCUT2D eigenvalue weighted by Crippen LogP contribution is 2.40. The Morgan fingerprint density at radius 2 is 1.73 bits per heavy atom. The van der Waals surface area contributed by atoms with Gasteiger partial charge in [-0.3, -0.25) is 4.39 Å². The van der Waals surface area contributed by atoms with Crippen molar-refractivity contribution in [1.82, 2.24) is 4.90 Å². The van der Waals surface area contributed by atoms with Crippen molar-refractivity contribution in [3.05, 3.63) is 99.3 Å². The zero-order chi connectivity index (χ0) is 25.8. The molecule has 2 aliphatic rings. The third-order valence-corrected chi connectivity index (χ3v) is 8.14. The molecule has 1 aliphatic carbocycles. The number of alkyl halides is 1. The number of halogens is 3. The van der Waals surface area contributed by atoms with Crippen molar-refractivity contribution in [2.24, 2.45) is 5.92 Å². The monoisotopic (exact) mass is 520 g/mol. The van der Waals surface area contributed by atoms with Crippen LogP contribution in [0.2, 0.25) is 5.02 Å². The van der Waals surface area contributed by atoms with E-state index in [2.05, 4.69) is 41.3 Å². The van der Waals surface area contributed by atoms with Gasteiger partial charge in [-0.15, -0.1) is 0 Å². The third-order valence-electron chi connectivity index (χ3n) is 7.84. The van der Waals surface area contributed by atoms with Crippen LogP contribution in [0, 0.1) is 11.7 Å². The zero-order valence-electron chi connectivity index (χ0n) is 21.3. The topological polar surface area (TPSA) is 29.3 Å². The van der Waals surface area contributed by atoms with E-state index in [9.17, 15) is 8.78 Å². The number of nitrogen functional groups attached to an aromatic ring is 1. The number of hydrogen-bond acceptors (Lipinski definition) is 2. The van der Waals surface area contributed by atoms with Crippen LogP contribution < -0.4 is 5.73 Å². The zero-order valence-corrected chi connectivity index (χ0v) is 22.0. The fraction of sp³-hybridized carbons (Fsp3) is 0.375. The van der Waals surface area contributed by atoms with Crippen molar-refractivity contribution in [3.8, 4) is 0 Å². The van der Waals surface area contributed by atoms with Gasteiger partial charge in [-0.25, -0.2) is 4.39 Å². The normalized spacial score (nSPS) is 20.5. The molecule has 1 heterocycles. The molecule has 0 aromatic heterocycles. The van der Waals surface area contributed by atoms with Crippen molar-refractivity contribution in [3.63, 3.8) is 0 Å². The smallest absolute Gasteiger partial charge is 0.142 e. The Labute approximate surface area is 224 Å². The van der Waals surface area contributed by atoms with Gasteiger partial charge in [0.05, 0.1) is 11.7 Å². The molecule has 3 aromatic carbocycles. The van der Waals surface area contributed by atoms with E-state index in [1.807, 2.05) is 12.1 Å². The SMILES string of the molecule is Nc1ccc2c(c1)CCCC/C(c1ccc(Cl)c(F)c1)=C\2c1ccc(CC2CCN(CCCF)C2)cc1. The minimum atomic E-state index is -0.391. The molecule has 0 amide bonds. The molecule has 3 aromatic rings. The minimum Gasteiger partial charge on any atom is -0.399 e. The number of benzene rings is 3. The molecule has 5 heteroatoms. The maximum Gasteiger partial charge on any atom is 0.142 e. The lowest BCUT2D eigenvalue weighted by atomic mass is 9.81. The molecule has 1 unspecified atom stereocenters. The van der Waals surface area contributed by atoms with Gasteiger partial charge < -0.3 is 10.6 Å². The van der Waals surface area contributed by atoms with Gasteiger partial charge in [-0.1, -0.05) is 48.0 Å². The van der Waals surface area contributed by atoms with Crippen LogP contribution in [-0.4, -0.2) is 31.2 Å². The van der Waals surface area contributed by atoms with Crippen LogP contribution >= 0.6 is 11.6 Å². The number of fused-ring (bicyclic) bond motifs is 1. The molecule has 1 fully saturated rings. The Kier molecular flexibility index (Phi) is 8.26. The Bertz CT molecular complexity index is 1270. The second kappa shape index (κ2) is 11.8. The van der Waals surface area contributed by atoms with E-state index in [1.54, 1.807) is 12.1 Å². The van der Waals surface area contributed by atoms with Crippen LogP contribution in [0.15, 0.2) is 60.7 Å². The van der Waals surface area contributed by atoms with E-state index in [0.717, 1.165) is 79.7 Å². The second-order valence-electron chi connectivity index (χ2n) is 10.5. The van der Waals surface area contributed by atoms with Crippen molar-refractivity contribution in [1.29, 1.82) is 0 Å². The summed E-state index contributed by atoms with van der Waals surface area (Å²) >= 11 is 6.03. The predicted octanol–water partition coefficient (Wildman–Crippen LogP) is 7.97. The van der Waals surface area contributed by atoms with E-state index in [-0.39, 0.29) is 11.7 Å². The molecule has 0 saturated carbocycles. The number of rotatable bonds is 7. The molecule has 2 nitrogen and oxygen atoms in total. The van der Waals surface area contributed by atoms with Gasteiger partial charge in [0.15, 0.2) is 0 Å². The molecular formula is C32H35ClF2N2. The Morgan fingerprint density at radius 3 is 2.51 bits per heavy atom. The molecule has 0 bridgehead atoms. The van der Waals surface area contributed by atoms with Crippen LogP contribution in [0.1, 0.15) is 59.9 Å². The second-order valence-corrected chi connectivity index (χ2v) is 10.9. The van der Waals surface area contributed by atoms with Crippen molar-refractivity contribution < 1.29 is 8.78 Å². The summed E-state index contributed by atoms with van der Waals surface area (Å²) in [5.41, 5.74) is 15.0. The maximum absolute atomic E-state index is 14.5. The lowest BCUT2D eigenvalue weighted by Gasteiger charge is -2.23. The lowest BCUT2D eigenvalue weighted by molar-refractivity contribution is 0.301. The highest BCUT2D eigenvalue weighted by molar-refractivity contribution is 6.30.